The van der Waals surface area contributed by atoms with Crippen molar-refractivity contribution in [1.82, 2.24) is 4.90 Å². The molecule has 18 heavy (non-hydrogen) atoms. The third-order valence-electron chi connectivity index (χ3n) is 3.01. The fraction of sp³-hybridized carbons (Fsp3) is 0.385. The highest BCUT2D eigenvalue weighted by Crippen LogP contribution is 2.29. The largest absolute Gasteiger partial charge is 0.480 e. The second-order valence-corrected chi connectivity index (χ2v) is 4.65. The van der Waals surface area contributed by atoms with Crippen LogP contribution in [0.4, 0.5) is 0 Å². The van der Waals surface area contributed by atoms with Gasteiger partial charge in [-0.25, -0.2) is 4.79 Å². The zero-order valence-electron chi connectivity index (χ0n) is 10.3. The first kappa shape index (κ1) is 12.6. The van der Waals surface area contributed by atoms with E-state index in [9.17, 15) is 9.59 Å². The number of hydrogen-bond donors (Lipinski definition) is 1. The first-order chi connectivity index (χ1) is 8.43. The van der Waals surface area contributed by atoms with E-state index in [-0.39, 0.29) is 12.5 Å². The van der Waals surface area contributed by atoms with Crippen molar-refractivity contribution in [2.45, 2.75) is 25.6 Å². The standard InChI is InChI=1S/C13H15NO4/c1-13(2)14(10(8-18-13)12(16)17)11(15)9-6-4-3-5-7-9/h3-7,10H,8H2,1-2H3,(H,16,17). The lowest BCUT2D eigenvalue weighted by Crippen LogP contribution is -2.50. The lowest BCUT2D eigenvalue weighted by Gasteiger charge is -2.32. The van der Waals surface area contributed by atoms with Crippen LogP contribution in [0.2, 0.25) is 0 Å². The molecule has 0 aromatic heterocycles. The highest BCUT2D eigenvalue weighted by atomic mass is 16.5. The maximum absolute atomic E-state index is 12.4. The Bertz CT molecular complexity index is 469. The molecule has 5 heteroatoms. The molecule has 0 bridgehead atoms. The molecule has 5 nitrogen and oxygen atoms in total. The maximum Gasteiger partial charge on any atom is 0.328 e. The van der Waals surface area contributed by atoms with Gasteiger partial charge in [0.05, 0.1) is 6.61 Å². The average Bonchev–Trinajstić information content (AvgIpc) is 2.65. The number of ether oxygens (including phenoxy) is 1. The molecule has 1 atom stereocenters. The van der Waals surface area contributed by atoms with E-state index in [2.05, 4.69) is 0 Å². The van der Waals surface area contributed by atoms with E-state index >= 15 is 0 Å². The Balaban J connectivity index is 2.34. The Morgan fingerprint density at radius 1 is 1.33 bits per heavy atom. The molecule has 0 aliphatic carbocycles. The number of carbonyl (C=O) groups excluding carboxylic acids is 1. The Morgan fingerprint density at radius 3 is 2.50 bits per heavy atom. The van der Waals surface area contributed by atoms with Crippen LogP contribution in [0.15, 0.2) is 30.3 Å². The van der Waals surface area contributed by atoms with Crippen LogP contribution in [0.25, 0.3) is 0 Å². The molecular weight excluding hydrogens is 234 g/mol. The molecule has 96 valence electrons. The number of amides is 1. The zero-order chi connectivity index (χ0) is 13.3. The third-order valence-corrected chi connectivity index (χ3v) is 3.01. The van der Waals surface area contributed by atoms with Crippen LogP contribution < -0.4 is 0 Å². The van der Waals surface area contributed by atoms with Crippen molar-refractivity contribution in [3.8, 4) is 0 Å². The van der Waals surface area contributed by atoms with Gasteiger partial charge in [0.2, 0.25) is 0 Å². The first-order valence-electron chi connectivity index (χ1n) is 5.69. The molecule has 1 saturated heterocycles. The SMILES string of the molecule is CC1(C)OCC(C(=O)O)N1C(=O)c1ccccc1. The van der Waals surface area contributed by atoms with E-state index in [4.69, 9.17) is 9.84 Å². The Morgan fingerprint density at radius 2 is 1.94 bits per heavy atom. The summed E-state index contributed by atoms with van der Waals surface area (Å²) in [5.41, 5.74) is -0.446. The van der Waals surface area contributed by atoms with Crippen molar-refractivity contribution >= 4 is 11.9 Å². The molecule has 0 spiro atoms. The predicted octanol–water partition coefficient (Wildman–Crippen LogP) is 1.35. The summed E-state index contributed by atoms with van der Waals surface area (Å²) in [6.45, 7) is 3.40. The number of carboxylic acid groups (broad SMARTS) is 1. The van der Waals surface area contributed by atoms with Gasteiger partial charge in [-0.15, -0.1) is 0 Å². The van der Waals surface area contributed by atoms with Gasteiger partial charge in [0, 0.05) is 5.56 Å². The predicted molar refractivity (Wildman–Crippen MR) is 64.1 cm³/mol. The van der Waals surface area contributed by atoms with Gasteiger partial charge in [0.15, 0.2) is 6.04 Å². The lowest BCUT2D eigenvalue weighted by molar-refractivity contribution is -0.142. The number of benzene rings is 1. The van der Waals surface area contributed by atoms with Crippen LogP contribution in [0.3, 0.4) is 0 Å². The van der Waals surface area contributed by atoms with Gasteiger partial charge in [-0.3, -0.25) is 9.69 Å². The van der Waals surface area contributed by atoms with E-state index < -0.39 is 17.7 Å². The average molecular weight is 249 g/mol. The molecule has 1 heterocycles. The van der Waals surface area contributed by atoms with Crippen LogP contribution in [-0.2, 0) is 9.53 Å². The molecule has 1 aromatic carbocycles. The smallest absolute Gasteiger partial charge is 0.328 e. The van der Waals surface area contributed by atoms with E-state index in [1.807, 2.05) is 0 Å². The molecule has 1 amide bonds. The van der Waals surface area contributed by atoms with Gasteiger partial charge in [0.1, 0.15) is 5.72 Å². The molecular formula is C13H15NO4. The zero-order valence-corrected chi connectivity index (χ0v) is 10.3. The van der Waals surface area contributed by atoms with Crippen LogP contribution in [-0.4, -0.2) is 40.3 Å². The first-order valence-corrected chi connectivity index (χ1v) is 5.69. The number of carbonyl (C=O) groups is 2. The summed E-state index contributed by atoms with van der Waals surface area (Å²) in [4.78, 5) is 24.8. The number of carboxylic acids is 1. The summed E-state index contributed by atoms with van der Waals surface area (Å²) in [5.74, 6) is -1.38. The number of nitrogens with zero attached hydrogens (tertiary/aromatic N) is 1. The molecule has 1 aliphatic rings. The summed E-state index contributed by atoms with van der Waals surface area (Å²) in [6, 6.07) is 7.68. The number of aliphatic carboxylic acids is 1. The molecule has 1 unspecified atom stereocenters. The molecule has 1 fully saturated rings. The van der Waals surface area contributed by atoms with Crippen molar-refractivity contribution in [3.05, 3.63) is 35.9 Å². The summed E-state index contributed by atoms with van der Waals surface area (Å²) in [5, 5.41) is 9.14. The lowest BCUT2D eigenvalue weighted by atomic mass is 10.1. The van der Waals surface area contributed by atoms with E-state index in [1.165, 1.54) is 4.90 Å². The minimum atomic E-state index is -1.05. The van der Waals surface area contributed by atoms with E-state index in [1.54, 1.807) is 44.2 Å². The Labute approximate surface area is 105 Å². The molecule has 0 saturated carbocycles. The fourth-order valence-electron chi connectivity index (χ4n) is 2.09. The monoisotopic (exact) mass is 249 g/mol. The Hall–Kier alpha value is -1.88. The second kappa shape index (κ2) is 4.42. The van der Waals surface area contributed by atoms with Crippen LogP contribution in [0.1, 0.15) is 24.2 Å². The van der Waals surface area contributed by atoms with Gasteiger partial charge in [0.25, 0.3) is 5.91 Å². The molecule has 0 radical (unpaired) electrons. The van der Waals surface area contributed by atoms with E-state index in [0.717, 1.165) is 0 Å². The van der Waals surface area contributed by atoms with Crippen molar-refractivity contribution < 1.29 is 19.4 Å². The van der Waals surface area contributed by atoms with Crippen molar-refractivity contribution in [3.63, 3.8) is 0 Å². The number of rotatable bonds is 2. The molecule has 2 rings (SSSR count). The van der Waals surface area contributed by atoms with Crippen LogP contribution in [0, 0.1) is 0 Å². The molecule has 1 aromatic rings. The summed E-state index contributed by atoms with van der Waals surface area (Å²) < 4.78 is 5.39. The van der Waals surface area contributed by atoms with Gasteiger partial charge in [-0.1, -0.05) is 18.2 Å². The van der Waals surface area contributed by atoms with Crippen molar-refractivity contribution in [1.29, 1.82) is 0 Å². The van der Waals surface area contributed by atoms with Crippen molar-refractivity contribution in [2.24, 2.45) is 0 Å². The minimum Gasteiger partial charge on any atom is -0.480 e. The third kappa shape index (κ3) is 2.09. The van der Waals surface area contributed by atoms with Gasteiger partial charge in [-0.2, -0.15) is 0 Å². The number of hydrogen-bond acceptors (Lipinski definition) is 3. The van der Waals surface area contributed by atoms with Crippen LogP contribution >= 0.6 is 0 Å². The minimum absolute atomic E-state index is 0.0148. The topological polar surface area (TPSA) is 66.8 Å². The van der Waals surface area contributed by atoms with Gasteiger partial charge < -0.3 is 9.84 Å². The normalized spacial score (nSPS) is 21.9. The quantitative estimate of drug-likeness (QED) is 0.859. The van der Waals surface area contributed by atoms with E-state index in [0.29, 0.717) is 5.56 Å². The summed E-state index contributed by atoms with van der Waals surface area (Å²) in [7, 11) is 0. The second-order valence-electron chi connectivity index (χ2n) is 4.65. The highest BCUT2D eigenvalue weighted by molar-refractivity contribution is 5.97. The van der Waals surface area contributed by atoms with Crippen molar-refractivity contribution in [2.75, 3.05) is 6.61 Å². The summed E-state index contributed by atoms with van der Waals surface area (Å²) >= 11 is 0. The highest BCUT2D eigenvalue weighted by Gasteiger charge is 2.47. The summed E-state index contributed by atoms with van der Waals surface area (Å²) in [6.07, 6.45) is 0. The van der Waals surface area contributed by atoms with Gasteiger partial charge in [-0.05, 0) is 26.0 Å². The molecule has 1 N–H and O–H groups in total. The maximum atomic E-state index is 12.4. The fourth-order valence-corrected chi connectivity index (χ4v) is 2.09. The van der Waals surface area contributed by atoms with Crippen LogP contribution in [0.5, 0.6) is 0 Å². The Kier molecular flexibility index (Phi) is 3.09. The van der Waals surface area contributed by atoms with Gasteiger partial charge >= 0.3 is 5.97 Å². The molecule has 1 aliphatic heterocycles.